The molecule has 2 unspecified atom stereocenters. The third-order valence-electron chi connectivity index (χ3n) is 4.07. The largest absolute Gasteiger partial charge is 0.368 e. The van der Waals surface area contributed by atoms with Crippen molar-refractivity contribution in [2.45, 2.75) is 62.1 Å². The molecule has 0 aliphatic heterocycles. The predicted octanol–water partition coefficient (Wildman–Crippen LogP) is 3.08. The number of nitrogens with two attached hydrogens (primary N) is 1. The number of thioether (sulfide) groups is 1. The first-order valence-corrected chi connectivity index (χ1v) is 8.80. The summed E-state index contributed by atoms with van der Waals surface area (Å²) in [5.41, 5.74) is 6.54. The first-order chi connectivity index (χ1) is 10.0. The first-order valence-electron chi connectivity index (χ1n) is 7.75. The van der Waals surface area contributed by atoms with Gasteiger partial charge in [0.1, 0.15) is 0 Å². The van der Waals surface area contributed by atoms with Crippen LogP contribution in [0.25, 0.3) is 0 Å². The zero-order valence-electron chi connectivity index (χ0n) is 13.0. The van der Waals surface area contributed by atoms with Crippen molar-refractivity contribution in [1.82, 2.24) is 5.32 Å². The smallest absolute Gasteiger partial charge is 0.237 e. The van der Waals surface area contributed by atoms with Crippen molar-refractivity contribution in [3.05, 3.63) is 35.9 Å². The third kappa shape index (κ3) is 4.48. The molecule has 2 rings (SSSR count). The highest BCUT2D eigenvalue weighted by atomic mass is 32.2. The molecule has 1 aromatic rings. The Hall–Kier alpha value is -1.00. The predicted molar refractivity (Wildman–Crippen MR) is 90.2 cm³/mol. The van der Waals surface area contributed by atoms with Crippen molar-refractivity contribution in [3.63, 3.8) is 0 Å². The second-order valence-electron chi connectivity index (χ2n) is 6.26. The van der Waals surface area contributed by atoms with Crippen LogP contribution in [0.5, 0.6) is 0 Å². The molecule has 0 heterocycles. The minimum absolute atomic E-state index is 0.193. The van der Waals surface area contributed by atoms with E-state index in [2.05, 4.69) is 43.4 Å². The molecule has 2 atom stereocenters. The average molecular weight is 306 g/mol. The van der Waals surface area contributed by atoms with Crippen LogP contribution in [0.2, 0.25) is 0 Å². The topological polar surface area (TPSA) is 55.1 Å². The lowest BCUT2D eigenvalue weighted by Gasteiger charge is -2.40. The maximum absolute atomic E-state index is 12.0. The highest BCUT2D eigenvalue weighted by molar-refractivity contribution is 7.99. The van der Waals surface area contributed by atoms with E-state index in [0.29, 0.717) is 5.25 Å². The second kappa shape index (κ2) is 7.32. The zero-order valence-corrected chi connectivity index (χ0v) is 13.8. The summed E-state index contributed by atoms with van der Waals surface area (Å²) in [5, 5.41) is 3.93. The van der Waals surface area contributed by atoms with E-state index in [9.17, 15) is 4.79 Å². The Balaban J connectivity index is 1.97. The highest BCUT2D eigenvalue weighted by Crippen LogP contribution is 2.36. The number of rotatable bonds is 6. The molecule has 4 heteroatoms. The summed E-state index contributed by atoms with van der Waals surface area (Å²) < 4.78 is 0. The van der Waals surface area contributed by atoms with E-state index in [1.807, 2.05) is 17.8 Å². The molecule has 1 aliphatic rings. The number of hydrogen-bond donors (Lipinski definition) is 2. The van der Waals surface area contributed by atoms with Gasteiger partial charge >= 0.3 is 0 Å². The van der Waals surface area contributed by atoms with Crippen LogP contribution in [0.3, 0.4) is 0 Å². The van der Waals surface area contributed by atoms with Gasteiger partial charge < -0.3 is 11.1 Å². The van der Waals surface area contributed by atoms with Crippen LogP contribution >= 0.6 is 11.8 Å². The molecule has 1 saturated carbocycles. The van der Waals surface area contributed by atoms with Gasteiger partial charge in [-0.25, -0.2) is 0 Å². The molecule has 0 aromatic heterocycles. The lowest BCUT2D eigenvalue weighted by molar-refractivity contribution is -0.126. The van der Waals surface area contributed by atoms with Crippen LogP contribution in [-0.2, 0) is 10.5 Å². The minimum Gasteiger partial charge on any atom is -0.368 e. The van der Waals surface area contributed by atoms with Gasteiger partial charge in [0.25, 0.3) is 0 Å². The van der Waals surface area contributed by atoms with Crippen molar-refractivity contribution in [1.29, 1.82) is 0 Å². The molecule has 1 amide bonds. The maximum atomic E-state index is 12.0. The number of primary amides is 1. The van der Waals surface area contributed by atoms with Gasteiger partial charge in [-0.2, -0.15) is 11.8 Å². The molecule has 1 aromatic carbocycles. The molecule has 0 saturated heterocycles. The fraction of sp³-hybridized carbons (Fsp3) is 0.588. The van der Waals surface area contributed by atoms with Gasteiger partial charge in [-0.15, -0.1) is 0 Å². The van der Waals surface area contributed by atoms with Gasteiger partial charge in [-0.3, -0.25) is 4.79 Å². The molecule has 116 valence electrons. The van der Waals surface area contributed by atoms with Crippen molar-refractivity contribution in [2.24, 2.45) is 5.73 Å². The molecule has 1 fully saturated rings. The van der Waals surface area contributed by atoms with Crippen molar-refractivity contribution in [3.8, 4) is 0 Å². The Morgan fingerprint density at radius 2 is 2.14 bits per heavy atom. The summed E-state index contributed by atoms with van der Waals surface area (Å²) >= 11 is 1.95. The summed E-state index contributed by atoms with van der Waals surface area (Å²) in [6, 6.07) is 10.8. The van der Waals surface area contributed by atoms with Gasteiger partial charge in [0, 0.05) is 17.0 Å². The molecule has 21 heavy (non-hydrogen) atoms. The molecular formula is C17H26N2OS. The van der Waals surface area contributed by atoms with Gasteiger partial charge in [0.2, 0.25) is 5.91 Å². The van der Waals surface area contributed by atoms with E-state index >= 15 is 0 Å². The Bertz CT molecular complexity index is 463. The van der Waals surface area contributed by atoms with Crippen molar-refractivity contribution in [2.75, 3.05) is 0 Å². The SMILES string of the molecule is CC(C)NC1(C(N)=O)CCCC(SCc2ccccc2)C1. The second-order valence-corrected chi connectivity index (χ2v) is 7.55. The van der Waals surface area contributed by atoms with Gasteiger partial charge in [-0.05, 0) is 45.1 Å². The third-order valence-corrected chi connectivity index (χ3v) is 5.44. The number of benzene rings is 1. The van der Waals surface area contributed by atoms with Crippen molar-refractivity contribution < 1.29 is 4.79 Å². The van der Waals surface area contributed by atoms with Gasteiger partial charge in [0.15, 0.2) is 0 Å². The van der Waals surface area contributed by atoms with Gasteiger partial charge in [-0.1, -0.05) is 30.3 Å². The Morgan fingerprint density at radius 3 is 2.76 bits per heavy atom. The Kier molecular flexibility index (Phi) is 5.71. The standard InChI is InChI=1S/C17H26N2OS/c1-13(2)19-17(16(18)20)10-6-9-15(11-17)21-12-14-7-4-3-5-8-14/h3-5,7-8,13,15,19H,6,9-12H2,1-2H3,(H2,18,20). The Labute approximate surface area is 132 Å². The van der Waals surface area contributed by atoms with E-state index in [1.165, 1.54) is 12.0 Å². The van der Waals surface area contributed by atoms with E-state index in [-0.39, 0.29) is 11.9 Å². The number of carbonyl (C=O) groups excluding carboxylic acids is 1. The summed E-state index contributed by atoms with van der Waals surface area (Å²) in [7, 11) is 0. The lowest BCUT2D eigenvalue weighted by Crippen LogP contribution is -2.60. The molecule has 0 radical (unpaired) electrons. The normalized spacial score (nSPS) is 26.0. The van der Waals surface area contributed by atoms with Crippen LogP contribution in [0.4, 0.5) is 0 Å². The van der Waals surface area contributed by atoms with Crippen LogP contribution in [0, 0.1) is 0 Å². The number of carbonyl (C=O) groups is 1. The molecule has 1 aliphatic carbocycles. The Morgan fingerprint density at radius 1 is 1.43 bits per heavy atom. The lowest BCUT2D eigenvalue weighted by atomic mass is 9.80. The van der Waals surface area contributed by atoms with Crippen LogP contribution in [0.15, 0.2) is 30.3 Å². The fourth-order valence-corrected chi connectivity index (χ4v) is 4.49. The van der Waals surface area contributed by atoms with Crippen LogP contribution in [0.1, 0.15) is 45.1 Å². The van der Waals surface area contributed by atoms with E-state index in [0.717, 1.165) is 25.0 Å². The fourth-order valence-electron chi connectivity index (χ4n) is 3.13. The summed E-state index contributed by atoms with van der Waals surface area (Å²) in [6.07, 6.45) is 3.95. The number of hydrogen-bond acceptors (Lipinski definition) is 3. The van der Waals surface area contributed by atoms with Crippen molar-refractivity contribution >= 4 is 17.7 Å². The monoisotopic (exact) mass is 306 g/mol. The minimum atomic E-state index is -0.513. The number of nitrogens with one attached hydrogen (secondary N) is 1. The van der Waals surface area contributed by atoms with E-state index < -0.39 is 5.54 Å². The molecule has 0 spiro atoms. The van der Waals surface area contributed by atoms with E-state index in [4.69, 9.17) is 5.73 Å². The average Bonchev–Trinajstić information content (AvgIpc) is 2.46. The summed E-state index contributed by atoms with van der Waals surface area (Å²) in [4.78, 5) is 12.0. The molecule has 3 N–H and O–H groups in total. The van der Waals surface area contributed by atoms with E-state index in [1.54, 1.807) is 0 Å². The molecule has 3 nitrogen and oxygen atoms in total. The summed E-state index contributed by atoms with van der Waals surface area (Å²) in [5.74, 6) is 0.809. The van der Waals surface area contributed by atoms with Crippen LogP contribution in [-0.4, -0.2) is 22.7 Å². The quantitative estimate of drug-likeness (QED) is 0.849. The highest BCUT2D eigenvalue weighted by Gasteiger charge is 2.41. The molecule has 0 bridgehead atoms. The zero-order chi connectivity index (χ0) is 15.3. The summed E-state index contributed by atoms with van der Waals surface area (Å²) in [6.45, 7) is 4.15. The van der Waals surface area contributed by atoms with Crippen LogP contribution < -0.4 is 11.1 Å². The number of amides is 1. The van der Waals surface area contributed by atoms with Gasteiger partial charge in [0.05, 0.1) is 5.54 Å². The first kappa shape index (κ1) is 16.4. The molecular weight excluding hydrogens is 280 g/mol. The maximum Gasteiger partial charge on any atom is 0.237 e.